The first-order valence-electron chi connectivity index (χ1n) is 8.51. The molecule has 0 spiro atoms. The number of carbonyl (C=O) groups excluding carboxylic acids is 2. The minimum atomic E-state index is -0.593. The van der Waals surface area contributed by atoms with Crippen LogP contribution in [0, 0.1) is 11.7 Å². The molecule has 3 N–H and O–H groups in total. The first kappa shape index (κ1) is 17.6. The van der Waals surface area contributed by atoms with E-state index in [4.69, 9.17) is 5.73 Å². The fourth-order valence-electron chi connectivity index (χ4n) is 3.47. The number of carbonyl (C=O) groups is 2. The fourth-order valence-corrected chi connectivity index (χ4v) is 4.84. The zero-order chi connectivity index (χ0) is 18.0. The smallest absolute Gasteiger partial charge is 0.259 e. The Morgan fingerprint density at radius 3 is 2.80 bits per heavy atom. The van der Waals surface area contributed by atoms with E-state index in [1.54, 1.807) is 6.07 Å². The molecule has 1 atom stereocenters. The van der Waals surface area contributed by atoms with Crippen molar-refractivity contribution in [2.45, 2.75) is 39.0 Å². The molecule has 132 valence electrons. The molecule has 6 heteroatoms. The molecule has 0 bridgehead atoms. The lowest BCUT2D eigenvalue weighted by Crippen LogP contribution is -2.20. The highest BCUT2D eigenvalue weighted by atomic mass is 32.1. The van der Waals surface area contributed by atoms with Crippen molar-refractivity contribution >= 4 is 28.2 Å². The Bertz CT molecular complexity index is 816. The molecular weight excluding hydrogens is 339 g/mol. The molecule has 3 rings (SSSR count). The molecule has 0 unspecified atom stereocenters. The normalized spacial score (nSPS) is 16.3. The summed E-state index contributed by atoms with van der Waals surface area (Å²) in [5.41, 5.74) is 6.86. The summed E-state index contributed by atoms with van der Waals surface area (Å²) >= 11 is 1.39. The number of nitrogens with one attached hydrogen (secondary N) is 1. The molecule has 2 amide bonds. The SMILES string of the molecule is CCC[C@H]1CCc2c(sc(NC(=O)c3ccccc3F)c2C(N)=O)C1. The molecule has 25 heavy (non-hydrogen) atoms. The maximum absolute atomic E-state index is 13.8. The molecular formula is C19H21FN2O2S. The monoisotopic (exact) mass is 360 g/mol. The average Bonchev–Trinajstić information content (AvgIpc) is 2.92. The predicted molar refractivity (Wildman–Crippen MR) is 97.6 cm³/mol. The molecule has 2 aromatic rings. The summed E-state index contributed by atoms with van der Waals surface area (Å²) in [6, 6.07) is 5.78. The summed E-state index contributed by atoms with van der Waals surface area (Å²) in [7, 11) is 0. The number of halogens is 1. The quantitative estimate of drug-likeness (QED) is 0.841. The lowest BCUT2D eigenvalue weighted by atomic mass is 9.84. The number of primary amides is 1. The Morgan fingerprint density at radius 1 is 1.36 bits per heavy atom. The van der Waals surface area contributed by atoms with Crippen LogP contribution in [0.4, 0.5) is 9.39 Å². The third-order valence-electron chi connectivity index (χ3n) is 4.66. The van der Waals surface area contributed by atoms with E-state index in [9.17, 15) is 14.0 Å². The number of amides is 2. The Morgan fingerprint density at radius 2 is 2.12 bits per heavy atom. The van der Waals surface area contributed by atoms with Gasteiger partial charge in [-0.1, -0.05) is 31.9 Å². The van der Waals surface area contributed by atoms with Gasteiger partial charge in [-0.05, 0) is 42.9 Å². The molecule has 1 aliphatic rings. The average molecular weight is 360 g/mol. The van der Waals surface area contributed by atoms with Gasteiger partial charge in [0.15, 0.2) is 0 Å². The first-order chi connectivity index (χ1) is 12.0. The lowest BCUT2D eigenvalue weighted by Gasteiger charge is -2.21. The Labute approximate surface area is 150 Å². The van der Waals surface area contributed by atoms with Gasteiger partial charge in [0.25, 0.3) is 11.8 Å². The van der Waals surface area contributed by atoms with Gasteiger partial charge < -0.3 is 11.1 Å². The van der Waals surface area contributed by atoms with E-state index in [1.807, 2.05) is 0 Å². The number of hydrogen-bond acceptors (Lipinski definition) is 3. The van der Waals surface area contributed by atoms with Crippen LogP contribution >= 0.6 is 11.3 Å². The van der Waals surface area contributed by atoms with Gasteiger partial charge in [-0.15, -0.1) is 11.3 Å². The Balaban J connectivity index is 1.90. The van der Waals surface area contributed by atoms with Gasteiger partial charge in [0.2, 0.25) is 0 Å². The summed E-state index contributed by atoms with van der Waals surface area (Å²) in [4.78, 5) is 25.5. The van der Waals surface area contributed by atoms with Crippen LogP contribution in [-0.2, 0) is 12.8 Å². The van der Waals surface area contributed by atoms with Crippen molar-refractivity contribution in [2.75, 3.05) is 5.32 Å². The van der Waals surface area contributed by atoms with Gasteiger partial charge in [0, 0.05) is 4.88 Å². The number of fused-ring (bicyclic) bond motifs is 1. The molecule has 4 nitrogen and oxygen atoms in total. The second-order valence-electron chi connectivity index (χ2n) is 6.40. The highest BCUT2D eigenvalue weighted by Gasteiger charge is 2.28. The largest absolute Gasteiger partial charge is 0.365 e. The van der Waals surface area contributed by atoms with E-state index in [2.05, 4.69) is 12.2 Å². The third kappa shape index (κ3) is 3.58. The Hall–Kier alpha value is -2.21. The van der Waals surface area contributed by atoms with Crippen LogP contribution in [0.1, 0.15) is 57.3 Å². The standard InChI is InChI=1S/C19H21FN2O2S/c1-2-5-11-8-9-13-15(10-11)25-19(16(13)17(21)23)22-18(24)12-6-3-4-7-14(12)20/h3-4,6-7,11H,2,5,8-10H2,1H3,(H2,21,23)(H,22,24)/t11-/m0/s1. The van der Waals surface area contributed by atoms with E-state index in [0.717, 1.165) is 42.5 Å². The second-order valence-corrected chi connectivity index (χ2v) is 7.51. The predicted octanol–water partition coefficient (Wildman–Crippen LogP) is 4.14. The zero-order valence-electron chi connectivity index (χ0n) is 14.1. The van der Waals surface area contributed by atoms with Crippen molar-refractivity contribution in [1.29, 1.82) is 0 Å². The van der Waals surface area contributed by atoms with Crippen molar-refractivity contribution in [3.63, 3.8) is 0 Å². The zero-order valence-corrected chi connectivity index (χ0v) is 14.9. The summed E-state index contributed by atoms with van der Waals surface area (Å²) in [5, 5.41) is 3.13. The van der Waals surface area contributed by atoms with E-state index < -0.39 is 17.6 Å². The molecule has 0 saturated heterocycles. The summed E-state index contributed by atoms with van der Waals surface area (Å²) in [6.07, 6.45) is 5.01. The molecule has 1 aromatic carbocycles. The molecule has 1 aliphatic carbocycles. The number of benzene rings is 1. The first-order valence-corrected chi connectivity index (χ1v) is 9.33. The van der Waals surface area contributed by atoms with E-state index in [0.29, 0.717) is 16.5 Å². The number of nitrogens with two attached hydrogens (primary N) is 1. The van der Waals surface area contributed by atoms with Crippen molar-refractivity contribution < 1.29 is 14.0 Å². The van der Waals surface area contributed by atoms with Gasteiger partial charge in [0.05, 0.1) is 11.1 Å². The van der Waals surface area contributed by atoms with Gasteiger partial charge in [0.1, 0.15) is 10.8 Å². The lowest BCUT2D eigenvalue weighted by molar-refractivity contribution is 0.1000. The fraction of sp³-hybridized carbons (Fsp3) is 0.368. The van der Waals surface area contributed by atoms with Crippen molar-refractivity contribution in [3.05, 3.63) is 51.7 Å². The molecule has 0 aliphatic heterocycles. The minimum absolute atomic E-state index is 0.0480. The van der Waals surface area contributed by atoms with Crippen LogP contribution in [0.2, 0.25) is 0 Å². The van der Waals surface area contributed by atoms with Crippen LogP contribution in [-0.4, -0.2) is 11.8 Å². The summed E-state index contributed by atoms with van der Waals surface area (Å²) in [6.45, 7) is 2.17. The van der Waals surface area contributed by atoms with Gasteiger partial charge in [-0.3, -0.25) is 9.59 Å². The maximum atomic E-state index is 13.8. The molecule has 0 saturated carbocycles. The van der Waals surface area contributed by atoms with Crippen LogP contribution in [0.3, 0.4) is 0 Å². The third-order valence-corrected chi connectivity index (χ3v) is 5.83. The van der Waals surface area contributed by atoms with Crippen LogP contribution in [0.5, 0.6) is 0 Å². The number of hydrogen-bond donors (Lipinski definition) is 2. The molecule has 1 heterocycles. The molecule has 1 aromatic heterocycles. The van der Waals surface area contributed by atoms with Crippen LogP contribution < -0.4 is 11.1 Å². The molecule has 0 radical (unpaired) electrons. The van der Waals surface area contributed by atoms with Crippen molar-refractivity contribution in [1.82, 2.24) is 0 Å². The summed E-state index contributed by atoms with van der Waals surface area (Å²) < 4.78 is 13.8. The second kappa shape index (κ2) is 7.35. The highest BCUT2D eigenvalue weighted by Crippen LogP contribution is 2.40. The van der Waals surface area contributed by atoms with Crippen molar-refractivity contribution in [3.8, 4) is 0 Å². The van der Waals surface area contributed by atoms with Crippen LogP contribution in [0.25, 0.3) is 0 Å². The number of thiophene rings is 1. The van der Waals surface area contributed by atoms with Crippen molar-refractivity contribution in [2.24, 2.45) is 11.7 Å². The van der Waals surface area contributed by atoms with E-state index in [1.165, 1.54) is 29.5 Å². The van der Waals surface area contributed by atoms with Crippen LogP contribution in [0.15, 0.2) is 24.3 Å². The topological polar surface area (TPSA) is 72.2 Å². The highest BCUT2D eigenvalue weighted by molar-refractivity contribution is 7.17. The van der Waals surface area contributed by atoms with Gasteiger partial charge in [-0.2, -0.15) is 0 Å². The number of anilines is 1. The minimum Gasteiger partial charge on any atom is -0.365 e. The van der Waals surface area contributed by atoms with E-state index >= 15 is 0 Å². The van der Waals surface area contributed by atoms with Gasteiger partial charge in [-0.25, -0.2) is 4.39 Å². The Kier molecular flexibility index (Phi) is 5.18. The van der Waals surface area contributed by atoms with Gasteiger partial charge >= 0.3 is 0 Å². The maximum Gasteiger partial charge on any atom is 0.259 e. The number of rotatable bonds is 5. The summed E-state index contributed by atoms with van der Waals surface area (Å²) in [5.74, 6) is -1.10. The van der Waals surface area contributed by atoms with E-state index in [-0.39, 0.29) is 5.56 Å². The molecule has 0 fully saturated rings.